The lowest BCUT2D eigenvalue weighted by atomic mass is 10.1. The molecule has 1 aliphatic carbocycles. The molecule has 0 bridgehead atoms. The van der Waals surface area contributed by atoms with Gasteiger partial charge in [-0.25, -0.2) is 4.72 Å². The molecule has 5 nitrogen and oxygen atoms in total. The zero-order chi connectivity index (χ0) is 14.6. The summed E-state index contributed by atoms with van der Waals surface area (Å²) in [5, 5.41) is 0. The molecule has 20 heavy (non-hydrogen) atoms. The fourth-order valence-electron chi connectivity index (χ4n) is 2.18. The SMILES string of the molecule is CCN(c1ccccc1)S(=O)(=O)NC(=O)C1CC=CC1. The molecule has 0 unspecified atom stereocenters. The van der Waals surface area contributed by atoms with Crippen LogP contribution in [0.15, 0.2) is 42.5 Å². The minimum atomic E-state index is -3.86. The maximum absolute atomic E-state index is 12.3. The smallest absolute Gasteiger partial charge is 0.274 e. The molecular formula is C14H18N2O3S. The summed E-state index contributed by atoms with van der Waals surface area (Å²) in [7, 11) is -3.86. The summed E-state index contributed by atoms with van der Waals surface area (Å²) in [5.74, 6) is -0.719. The fourth-order valence-corrected chi connectivity index (χ4v) is 3.45. The lowest BCUT2D eigenvalue weighted by Gasteiger charge is -2.23. The maximum atomic E-state index is 12.3. The highest BCUT2D eigenvalue weighted by atomic mass is 32.2. The Balaban J connectivity index is 2.14. The predicted octanol–water partition coefficient (Wildman–Crippen LogP) is 1.84. The largest absolute Gasteiger partial charge is 0.326 e. The van der Waals surface area contributed by atoms with Gasteiger partial charge < -0.3 is 0 Å². The van der Waals surface area contributed by atoms with Crippen molar-refractivity contribution in [1.29, 1.82) is 0 Å². The van der Waals surface area contributed by atoms with E-state index in [1.54, 1.807) is 31.2 Å². The average molecular weight is 294 g/mol. The average Bonchev–Trinajstić information content (AvgIpc) is 2.94. The second kappa shape index (κ2) is 6.09. The number of nitrogens with zero attached hydrogens (tertiary/aromatic N) is 1. The molecule has 108 valence electrons. The first kappa shape index (κ1) is 14.6. The number of para-hydroxylation sites is 1. The molecular weight excluding hydrogens is 276 g/mol. The summed E-state index contributed by atoms with van der Waals surface area (Å²) in [6.07, 6.45) is 4.98. The third-order valence-corrected chi connectivity index (χ3v) is 4.74. The lowest BCUT2D eigenvalue weighted by molar-refractivity contribution is -0.122. The van der Waals surface area contributed by atoms with Gasteiger partial charge in [-0.05, 0) is 31.9 Å². The van der Waals surface area contributed by atoms with Crippen LogP contribution in [0.1, 0.15) is 19.8 Å². The first-order valence-corrected chi connectivity index (χ1v) is 8.03. The van der Waals surface area contributed by atoms with Gasteiger partial charge in [-0.3, -0.25) is 9.10 Å². The number of allylic oxidation sites excluding steroid dienone is 2. The van der Waals surface area contributed by atoms with Crippen LogP contribution >= 0.6 is 0 Å². The van der Waals surface area contributed by atoms with Crippen molar-refractivity contribution in [1.82, 2.24) is 4.72 Å². The first-order chi connectivity index (χ1) is 9.54. The zero-order valence-electron chi connectivity index (χ0n) is 11.3. The highest BCUT2D eigenvalue weighted by Gasteiger charge is 2.27. The van der Waals surface area contributed by atoms with E-state index in [0.29, 0.717) is 18.5 Å². The van der Waals surface area contributed by atoms with Crippen LogP contribution in [0.3, 0.4) is 0 Å². The van der Waals surface area contributed by atoms with Crippen LogP contribution in [0.25, 0.3) is 0 Å². The Morgan fingerprint density at radius 3 is 2.40 bits per heavy atom. The molecule has 1 aromatic carbocycles. The lowest BCUT2D eigenvalue weighted by Crippen LogP contribution is -2.45. The second-order valence-electron chi connectivity index (χ2n) is 4.61. The van der Waals surface area contributed by atoms with Crippen molar-refractivity contribution in [3.8, 4) is 0 Å². The molecule has 0 aliphatic heterocycles. The van der Waals surface area contributed by atoms with Crippen molar-refractivity contribution in [2.24, 2.45) is 5.92 Å². The van der Waals surface area contributed by atoms with Crippen molar-refractivity contribution in [2.75, 3.05) is 10.8 Å². The minimum Gasteiger partial charge on any atom is -0.274 e. The maximum Gasteiger partial charge on any atom is 0.326 e. The molecule has 0 saturated heterocycles. The summed E-state index contributed by atoms with van der Waals surface area (Å²) in [4.78, 5) is 12.0. The Bertz CT molecular complexity index is 588. The van der Waals surface area contributed by atoms with Crippen molar-refractivity contribution in [3.63, 3.8) is 0 Å². The number of carbonyl (C=O) groups excluding carboxylic acids is 1. The summed E-state index contributed by atoms with van der Waals surface area (Å²) in [6.45, 7) is 1.99. The molecule has 1 amide bonds. The Hall–Kier alpha value is -1.82. The molecule has 2 rings (SSSR count). The van der Waals surface area contributed by atoms with Gasteiger partial charge in [0.05, 0.1) is 5.69 Å². The van der Waals surface area contributed by atoms with Crippen molar-refractivity contribution >= 4 is 21.8 Å². The molecule has 0 saturated carbocycles. The van der Waals surface area contributed by atoms with Gasteiger partial charge in [0.2, 0.25) is 5.91 Å². The Morgan fingerprint density at radius 1 is 1.25 bits per heavy atom. The van der Waals surface area contributed by atoms with E-state index in [-0.39, 0.29) is 12.5 Å². The van der Waals surface area contributed by atoms with Crippen LogP contribution in [0, 0.1) is 5.92 Å². The van der Waals surface area contributed by atoms with Crippen LogP contribution in [-0.4, -0.2) is 20.9 Å². The van der Waals surface area contributed by atoms with E-state index < -0.39 is 16.1 Å². The molecule has 0 radical (unpaired) electrons. The fraction of sp³-hybridized carbons (Fsp3) is 0.357. The Morgan fingerprint density at radius 2 is 1.85 bits per heavy atom. The van der Waals surface area contributed by atoms with Crippen molar-refractivity contribution in [3.05, 3.63) is 42.5 Å². The third kappa shape index (κ3) is 3.19. The first-order valence-electron chi connectivity index (χ1n) is 6.59. The molecule has 1 aliphatic rings. The van der Waals surface area contributed by atoms with E-state index in [0.717, 1.165) is 0 Å². The summed E-state index contributed by atoms with van der Waals surface area (Å²) in [6, 6.07) is 8.73. The van der Waals surface area contributed by atoms with Crippen LogP contribution < -0.4 is 9.03 Å². The molecule has 1 aromatic rings. The van der Waals surface area contributed by atoms with Gasteiger partial charge in [0.25, 0.3) is 0 Å². The van der Waals surface area contributed by atoms with E-state index in [1.807, 2.05) is 18.2 Å². The third-order valence-electron chi connectivity index (χ3n) is 3.23. The van der Waals surface area contributed by atoms with Crippen LogP contribution in [0.4, 0.5) is 5.69 Å². The normalized spacial score (nSPS) is 15.2. The van der Waals surface area contributed by atoms with Gasteiger partial charge in [0, 0.05) is 12.5 Å². The molecule has 0 aromatic heterocycles. The van der Waals surface area contributed by atoms with E-state index in [4.69, 9.17) is 0 Å². The van der Waals surface area contributed by atoms with E-state index in [1.165, 1.54) is 4.31 Å². The van der Waals surface area contributed by atoms with Crippen molar-refractivity contribution < 1.29 is 13.2 Å². The molecule has 0 heterocycles. The Labute approximate surface area is 119 Å². The molecule has 6 heteroatoms. The minimum absolute atomic E-state index is 0.259. The number of carbonyl (C=O) groups is 1. The topological polar surface area (TPSA) is 66.5 Å². The van der Waals surface area contributed by atoms with Gasteiger partial charge in [0.1, 0.15) is 0 Å². The van der Waals surface area contributed by atoms with Crippen LogP contribution in [0.5, 0.6) is 0 Å². The number of anilines is 1. The van der Waals surface area contributed by atoms with Gasteiger partial charge >= 0.3 is 10.2 Å². The standard InChI is InChI=1S/C14H18N2O3S/c1-2-16(13-10-4-3-5-11-13)20(18,19)15-14(17)12-8-6-7-9-12/h3-7,10-12H,2,8-9H2,1H3,(H,15,17). The van der Waals surface area contributed by atoms with E-state index in [2.05, 4.69) is 4.72 Å². The predicted molar refractivity (Wildman–Crippen MR) is 78.4 cm³/mol. The van der Waals surface area contributed by atoms with Crippen molar-refractivity contribution in [2.45, 2.75) is 19.8 Å². The van der Waals surface area contributed by atoms with Gasteiger partial charge in [-0.2, -0.15) is 8.42 Å². The number of rotatable bonds is 5. The summed E-state index contributed by atoms with van der Waals surface area (Å²) in [5.41, 5.74) is 0.542. The number of hydrogen-bond donors (Lipinski definition) is 1. The summed E-state index contributed by atoms with van der Waals surface area (Å²) >= 11 is 0. The van der Waals surface area contributed by atoms with Gasteiger partial charge in [-0.15, -0.1) is 0 Å². The number of nitrogens with one attached hydrogen (secondary N) is 1. The number of hydrogen-bond acceptors (Lipinski definition) is 3. The van der Waals surface area contributed by atoms with Gasteiger partial charge in [0.15, 0.2) is 0 Å². The van der Waals surface area contributed by atoms with Crippen LogP contribution in [0.2, 0.25) is 0 Å². The van der Waals surface area contributed by atoms with E-state index >= 15 is 0 Å². The highest BCUT2D eigenvalue weighted by Crippen LogP contribution is 2.20. The quantitative estimate of drug-likeness (QED) is 0.843. The zero-order valence-corrected chi connectivity index (χ0v) is 12.1. The van der Waals surface area contributed by atoms with Crippen LogP contribution in [-0.2, 0) is 15.0 Å². The highest BCUT2D eigenvalue weighted by molar-refractivity contribution is 7.91. The molecule has 0 atom stereocenters. The molecule has 0 spiro atoms. The molecule has 1 N–H and O–H groups in total. The molecule has 0 fully saturated rings. The number of amides is 1. The number of benzene rings is 1. The second-order valence-corrected chi connectivity index (χ2v) is 6.21. The summed E-state index contributed by atoms with van der Waals surface area (Å²) < 4.78 is 28.0. The van der Waals surface area contributed by atoms with E-state index in [9.17, 15) is 13.2 Å². The monoisotopic (exact) mass is 294 g/mol. The Kier molecular flexibility index (Phi) is 4.44. The van der Waals surface area contributed by atoms with Gasteiger partial charge in [-0.1, -0.05) is 30.4 Å².